The predicted octanol–water partition coefficient (Wildman–Crippen LogP) is 0.318. The molecule has 13 heavy (non-hydrogen) atoms. The molecule has 1 aliphatic rings. The molecule has 0 aromatic rings. The highest BCUT2D eigenvalue weighted by molar-refractivity contribution is 5.76. The molecular weight excluding hydrogens is 170 g/mol. The fourth-order valence-electron chi connectivity index (χ4n) is 1.36. The highest BCUT2D eigenvalue weighted by atomic mass is 16.5. The van der Waals surface area contributed by atoms with Crippen molar-refractivity contribution in [3.8, 4) is 0 Å². The molecule has 0 spiro atoms. The van der Waals surface area contributed by atoms with Gasteiger partial charge in [-0.3, -0.25) is 4.79 Å². The lowest BCUT2D eigenvalue weighted by Gasteiger charge is -2.09. The lowest BCUT2D eigenvalue weighted by atomic mass is 10.2. The van der Waals surface area contributed by atoms with Gasteiger partial charge in [-0.15, -0.1) is 0 Å². The third kappa shape index (κ3) is 3.74. The van der Waals surface area contributed by atoms with Crippen LogP contribution in [0, 0.1) is 0 Å². The van der Waals surface area contributed by atoms with Crippen LogP contribution >= 0.6 is 0 Å². The third-order valence-corrected chi connectivity index (χ3v) is 2.08. The average Bonchev–Trinajstić information content (AvgIpc) is 2.65. The Kier molecular flexibility index (Phi) is 4.78. The minimum atomic E-state index is -0.117. The van der Waals surface area contributed by atoms with Gasteiger partial charge in [0.05, 0.1) is 6.61 Å². The summed E-state index contributed by atoms with van der Waals surface area (Å²) in [6.45, 7) is 2.04. The summed E-state index contributed by atoms with van der Waals surface area (Å²) in [5, 5.41) is 3.09. The summed E-state index contributed by atoms with van der Waals surface area (Å²) in [6, 6.07) is -0.0671. The zero-order chi connectivity index (χ0) is 9.52. The lowest BCUT2D eigenvalue weighted by Crippen LogP contribution is -2.32. The Morgan fingerprint density at radius 3 is 3.00 bits per heavy atom. The Bertz CT molecular complexity index is 155. The minimum Gasteiger partial charge on any atom is -0.464 e. The van der Waals surface area contributed by atoms with E-state index in [0.717, 1.165) is 25.8 Å². The highest BCUT2D eigenvalue weighted by Gasteiger charge is 2.22. The second-order valence-electron chi connectivity index (χ2n) is 3.16. The second kappa shape index (κ2) is 5.94. The maximum absolute atomic E-state index is 11.3. The molecule has 0 aromatic heterocycles. The van der Waals surface area contributed by atoms with Gasteiger partial charge in [0.2, 0.25) is 0 Å². The molecule has 1 atom stereocenters. The van der Waals surface area contributed by atoms with Crippen LogP contribution in [0.5, 0.6) is 0 Å². The van der Waals surface area contributed by atoms with E-state index in [0.29, 0.717) is 13.2 Å². The average molecular weight is 187 g/mol. The Morgan fingerprint density at radius 2 is 2.38 bits per heavy atom. The molecule has 1 N–H and O–H groups in total. The van der Waals surface area contributed by atoms with Gasteiger partial charge in [0.25, 0.3) is 0 Å². The van der Waals surface area contributed by atoms with Gasteiger partial charge in [-0.1, -0.05) is 0 Å². The van der Waals surface area contributed by atoms with Crippen molar-refractivity contribution in [3.63, 3.8) is 0 Å². The van der Waals surface area contributed by atoms with Crippen molar-refractivity contribution in [2.75, 3.05) is 26.9 Å². The van der Waals surface area contributed by atoms with Gasteiger partial charge in [-0.25, -0.2) is 0 Å². The second-order valence-corrected chi connectivity index (χ2v) is 3.16. The summed E-state index contributed by atoms with van der Waals surface area (Å²) in [5.41, 5.74) is 0. The maximum atomic E-state index is 11.3. The molecule has 0 bridgehead atoms. The quantitative estimate of drug-likeness (QED) is 0.497. The fraction of sp³-hybridized carbons (Fsp3) is 0.889. The lowest BCUT2D eigenvalue weighted by molar-refractivity contribution is -0.146. The molecule has 0 saturated carbocycles. The smallest absolute Gasteiger partial charge is 0.323 e. The Hall–Kier alpha value is -0.610. The Balaban J connectivity index is 2.03. The topological polar surface area (TPSA) is 47.6 Å². The molecule has 4 nitrogen and oxygen atoms in total. The molecule has 1 rings (SSSR count). The number of esters is 1. The van der Waals surface area contributed by atoms with Crippen molar-refractivity contribution >= 4 is 5.97 Å². The van der Waals surface area contributed by atoms with Crippen LogP contribution in [0.1, 0.15) is 19.3 Å². The van der Waals surface area contributed by atoms with E-state index >= 15 is 0 Å². The first-order valence-corrected chi connectivity index (χ1v) is 4.73. The van der Waals surface area contributed by atoms with E-state index in [1.54, 1.807) is 7.11 Å². The number of methoxy groups -OCH3 is 1. The van der Waals surface area contributed by atoms with Crippen molar-refractivity contribution in [2.45, 2.75) is 25.3 Å². The van der Waals surface area contributed by atoms with Gasteiger partial charge in [0, 0.05) is 20.1 Å². The van der Waals surface area contributed by atoms with E-state index in [1.807, 2.05) is 0 Å². The highest BCUT2D eigenvalue weighted by Crippen LogP contribution is 2.06. The summed E-state index contributed by atoms with van der Waals surface area (Å²) < 4.78 is 9.89. The molecule has 0 aromatic carbocycles. The summed E-state index contributed by atoms with van der Waals surface area (Å²) in [4.78, 5) is 11.3. The van der Waals surface area contributed by atoms with Crippen LogP contribution < -0.4 is 5.32 Å². The molecular formula is C9H17NO3. The largest absolute Gasteiger partial charge is 0.464 e. The predicted molar refractivity (Wildman–Crippen MR) is 48.5 cm³/mol. The molecule has 1 unspecified atom stereocenters. The molecule has 1 heterocycles. The van der Waals surface area contributed by atoms with Crippen molar-refractivity contribution in [2.24, 2.45) is 0 Å². The van der Waals surface area contributed by atoms with E-state index in [9.17, 15) is 4.79 Å². The standard InChI is InChI=1S/C9H17NO3/c1-12-6-3-7-13-9(11)8-4-2-5-10-8/h8,10H,2-7H2,1H3. The van der Waals surface area contributed by atoms with E-state index in [4.69, 9.17) is 9.47 Å². The Labute approximate surface area is 78.6 Å². The van der Waals surface area contributed by atoms with E-state index < -0.39 is 0 Å². The van der Waals surface area contributed by atoms with Crippen molar-refractivity contribution in [1.82, 2.24) is 5.32 Å². The number of carbonyl (C=O) groups is 1. The molecule has 4 heteroatoms. The van der Waals surface area contributed by atoms with Crippen LogP contribution in [0.15, 0.2) is 0 Å². The fourth-order valence-corrected chi connectivity index (χ4v) is 1.36. The molecule has 0 aliphatic carbocycles. The number of carbonyl (C=O) groups excluding carboxylic acids is 1. The van der Waals surface area contributed by atoms with Crippen LogP contribution in [0.4, 0.5) is 0 Å². The summed E-state index contributed by atoms with van der Waals surface area (Å²) in [7, 11) is 1.64. The van der Waals surface area contributed by atoms with Gasteiger partial charge in [-0.05, 0) is 19.4 Å². The van der Waals surface area contributed by atoms with Crippen molar-refractivity contribution < 1.29 is 14.3 Å². The zero-order valence-electron chi connectivity index (χ0n) is 8.04. The van der Waals surface area contributed by atoms with Gasteiger partial charge in [-0.2, -0.15) is 0 Å². The van der Waals surface area contributed by atoms with Gasteiger partial charge >= 0.3 is 5.97 Å². The first kappa shape index (κ1) is 10.5. The van der Waals surface area contributed by atoms with Crippen LogP contribution in [0.2, 0.25) is 0 Å². The van der Waals surface area contributed by atoms with E-state index in [2.05, 4.69) is 5.32 Å². The van der Waals surface area contributed by atoms with Gasteiger partial charge in [0.1, 0.15) is 6.04 Å². The molecule has 0 radical (unpaired) electrons. The van der Waals surface area contributed by atoms with Gasteiger partial charge in [0.15, 0.2) is 0 Å². The van der Waals surface area contributed by atoms with Crippen LogP contribution in [-0.2, 0) is 14.3 Å². The van der Waals surface area contributed by atoms with Crippen LogP contribution in [-0.4, -0.2) is 38.9 Å². The van der Waals surface area contributed by atoms with Gasteiger partial charge < -0.3 is 14.8 Å². The SMILES string of the molecule is COCCCOC(=O)C1CCCN1. The molecule has 76 valence electrons. The van der Waals surface area contributed by atoms with Crippen LogP contribution in [0.25, 0.3) is 0 Å². The molecule has 1 fully saturated rings. The summed E-state index contributed by atoms with van der Waals surface area (Å²) in [6.07, 6.45) is 2.75. The number of rotatable bonds is 5. The van der Waals surface area contributed by atoms with E-state index in [-0.39, 0.29) is 12.0 Å². The molecule has 1 aliphatic heterocycles. The third-order valence-electron chi connectivity index (χ3n) is 2.08. The molecule has 1 saturated heterocycles. The first-order valence-electron chi connectivity index (χ1n) is 4.73. The zero-order valence-corrected chi connectivity index (χ0v) is 8.04. The normalized spacial score (nSPS) is 21.8. The summed E-state index contributed by atoms with van der Waals surface area (Å²) in [5.74, 6) is -0.117. The number of nitrogens with one attached hydrogen (secondary N) is 1. The first-order chi connectivity index (χ1) is 6.34. The maximum Gasteiger partial charge on any atom is 0.323 e. The Morgan fingerprint density at radius 1 is 1.54 bits per heavy atom. The molecule has 0 amide bonds. The van der Waals surface area contributed by atoms with Crippen LogP contribution in [0.3, 0.4) is 0 Å². The van der Waals surface area contributed by atoms with Crippen molar-refractivity contribution in [3.05, 3.63) is 0 Å². The summed E-state index contributed by atoms with van der Waals surface area (Å²) >= 11 is 0. The van der Waals surface area contributed by atoms with Crippen molar-refractivity contribution in [1.29, 1.82) is 0 Å². The minimum absolute atomic E-state index is 0.0671. The number of ether oxygens (including phenoxy) is 2. The number of hydrogen-bond donors (Lipinski definition) is 1. The van der Waals surface area contributed by atoms with E-state index in [1.165, 1.54) is 0 Å². The number of hydrogen-bond acceptors (Lipinski definition) is 4. The monoisotopic (exact) mass is 187 g/mol.